The minimum absolute atomic E-state index is 0.0212. The van der Waals surface area contributed by atoms with Gasteiger partial charge in [-0.3, -0.25) is 9.59 Å². The minimum Gasteiger partial charge on any atom is -0.484 e. The zero-order valence-corrected chi connectivity index (χ0v) is 15.2. The van der Waals surface area contributed by atoms with E-state index in [1.807, 2.05) is 36.4 Å². The minimum atomic E-state index is -0.193. The molecule has 0 saturated carbocycles. The smallest absolute Gasteiger partial charge is 0.258 e. The van der Waals surface area contributed by atoms with Crippen molar-refractivity contribution in [3.8, 4) is 5.75 Å². The lowest BCUT2D eigenvalue weighted by molar-refractivity contribution is -0.129. The average Bonchev–Trinajstić information content (AvgIpc) is 2.66. The van der Waals surface area contributed by atoms with Gasteiger partial charge in [-0.1, -0.05) is 48.5 Å². The molecule has 0 heterocycles. The third-order valence-corrected chi connectivity index (χ3v) is 4.00. The molecule has 138 valence electrons. The van der Waals surface area contributed by atoms with Gasteiger partial charge in [0.2, 0.25) is 5.91 Å². The van der Waals surface area contributed by atoms with E-state index >= 15 is 0 Å². The number of nitrogens with zero attached hydrogens (tertiary/aromatic N) is 1. The number of benzene rings is 2. The maximum atomic E-state index is 11.8. The lowest BCUT2D eigenvalue weighted by Gasteiger charge is -2.21. The molecule has 2 aromatic rings. The predicted octanol–water partition coefficient (Wildman–Crippen LogP) is 2.66. The van der Waals surface area contributed by atoms with Crippen LogP contribution < -0.4 is 10.1 Å². The number of carbonyl (C=O) groups excluding carboxylic acids is 2. The van der Waals surface area contributed by atoms with E-state index in [-0.39, 0.29) is 18.4 Å². The Morgan fingerprint density at radius 2 is 1.62 bits per heavy atom. The lowest BCUT2D eigenvalue weighted by Crippen LogP contribution is -2.39. The Bertz CT molecular complexity index is 674. The molecule has 26 heavy (non-hydrogen) atoms. The van der Waals surface area contributed by atoms with Crippen LogP contribution in [0.3, 0.4) is 0 Å². The number of nitrogens with one attached hydrogen (secondary N) is 1. The lowest BCUT2D eigenvalue weighted by atomic mass is 10.1. The molecule has 5 heteroatoms. The highest BCUT2D eigenvalue weighted by atomic mass is 16.5. The number of aryl methyl sites for hydroxylation is 1. The van der Waals surface area contributed by atoms with Crippen molar-refractivity contribution in [2.24, 2.45) is 0 Å². The van der Waals surface area contributed by atoms with Gasteiger partial charge in [0.15, 0.2) is 6.61 Å². The second-order valence-corrected chi connectivity index (χ2v) is 6.05. The normalized spacial score (nSPS) is 10.2. The third kappa shape index (κ3) is 7.38. The summed E-state index contributed by atoms with van der Waals surface area (Å²) in [6.45, 7) is 3.13. The van der Waals surface area contributed by atoms with E-state index in [1.54, 1.807) is 24.0 Å². The third-order valence-electron chi connectivity index (χ3n) is 4.00. The second kappa shape index (κ2) is 10.9. The number of hydrogen-bond donors (Lipinski definition) is 1. The van der Waals surface area contributed by atoms with Gasteiger partial charge in [-0.15, -0.1) is 0 Å². The fourth-order valence-electron chi connectivity index (χ4n) is 2.59. The van der Waals surface area contributed by atoms with Gasteiger partial charge in [0, 0.05) is 26.6 Å². The highest BCUT2D eigenvalue weighted by molar-refractivity contribution is 5.77. The summed E-state index contributed by atoms with van der Waals surface area (Å²) in [5, 5.41) is 2.79. The Morgan fingerprint density at radius 3 is 2.27 bits per heavy atom. The van der Waals surface area contributed by atoms with Crippen LogP contribution in [0.5, 0.6) is 5.75 Å². The van der Waals surface area contributed by atoms with Crippen molar-refractivity contribution in [2.75, 3.05) is 26.2 Å². The van der Waals surface area contributed by atoms with Crippen LogP contribution in [0.25, 0.3) is 0 Å². The maximum Gasteiger partial charge on any atom is 0.258 e. The number of carbonyl (C=O) groups is 2. The molecule has 0 radical (unpaired) electrons. The summed E-state index contributed by atoms with van der Waals surface area (Å²) in [4.78, 5) is 25.4. The van der Waals surface area contributed by atoms with Crippen LogP contribution in [0.4, 0.5) is 0 Å². The van der Waals surface area contributed by atoms with Gasteiger partial charge in [0.1, 0.15) is 5.75 Å². The van der Waals surface area contributed by atoms with Gasteiger partial charge < -0.3 is 15.0 Å². The fourth-order valence-corrected chi connectivity index (χ4v) is 2.59. The van der Waals surface area contributed by atoms with Gasteiger partial charge in [-0.25, -0.2) is 0 Å². The van der Waals surface area contributed by atoms with Crippen molar-refractivity contribution in [3.63, 3.8) is 0 Å². The van der Waals surface area contributed by atoms with E-state index in [9.17, 15) is 9.59 Å². The second-order valence-electron chi connectivity index (χ2n) is 6.05. The molecule has 5 nitrogen and oxygen atoms in total. The molecule has 0 aliphatic carbocycles. The molecule has 2 rings (SSSR count). The molecule has 0 aromatic heterocycles. The summed E-state index contributed by atoms with van der Waals surface area (Å²) in [6, 6.07) is 19.4. The molecule has 0 unspecified atom stereocenters. The van der Waals surface area contributed by atoms with Crippen molar-refractivity contribution in [2.45, 2.75) is 19.8 Å². The summed E-state index contributed by atoms with van der Waals surface area (Å²) >= 11 is 0. The Kier molecular flexibility index (Phi) is 8.19. The van der Waals surface area contributed by atoms with Gasteiger partial charge >= 0.3 is 0 Å². The Balaban J connectivity index is 1.64. The highest BCUT2D eigenvalue weighted by Crippen LogP contribution is 2.07. The summed E-state index contributed by atoms with van der Waals surface area (Å²) in [5.74, 6) is 0.489. The molecule has 0 aliphatic heterocycles. The molecule has 2 amide bonds. The van der Waals surface area contributed by atoms with Crippen molar-refractivity contribution in [1.29, 1.82) is 0 Å². The molecule has 0 saturated heterocycles. The van der Waals surface area contributed by atoms with Crippen LogP contribution in [0.2, 0.25) is 0 Å². The Hall–Kier alpha value is -2.82. The van der Waals surface area contributed by atoms with Gasteiger partial charge in [0.05, 0.1) is 0 Å². The first kappa shape index (κ1) is 19.5. The largest absolute Gasteiger partial charge is 0.484 e. The summed E-state index contributed by atoms with van der Waals surface area (Å²) in [5.41, 5.74) is 1.27. The maximum absolute atomic E-state index is 11.8. The number of rotatable bonds is 10. The zero-order valence-electron chi connectivity index (χ0n) is 15.2. The van der Waals surface area contributed by atoms with E-state index in [0.717, 1.165) is 12.8 Å². The quantitative estimate of drug-likeness (QED) is 0.714. The van der Waals surface area contributed by atoms with Gasteiger partial charge in [0.25, 0.3) is 5.91 Å². The first-order chi connectivity index (χ1) is 12.6. The molecule has 0 fully saturated rings. The topological polar surface area (TPSA) is 58.6 Å². The average molecular weight is 354 g/mol. The SMILES string of the molecule is CC(=O)N(CCCc1ccccc1)CCNC(=O)COc1ccccc1. The van der Waals surface area contributed by atoms with Crippen molar-refractivity contribution in [3.05, 3.63) is 66.2 Å². The highest BCUT2D eigenvalue weighted by Gasteiger charge is 2.09. The zero-order chi connectivity index (χ0) is 18.6. The fraction of sp³-hybridized carbons (Fsp3) is 0.333. The van der Waals surface area contributed by atoms with Crippen LogP contribution in [0.15, 0.2) is 60.7 Å². The van der Waals surface area contributed by atoms with Crippen molar-refractivity contribution >= 4 is 11.8 Å². The van der Waals surface area contributed by atoms with E-state index in [4.69, 9.17) is 4.74 Å². The Labute approximate surface area is 155 Å². The van der Waals surface area contributed by atoms with Crippen LogP contribution in [-0.4, -0.2) is 43.0 Å². The molecule has 0 atom stereocenters. The first-order valence-corrected chi connectivity index (χ1v) is 8.89. The summed E-state index contributed by atoms with van der Waals surface area (Å²) in [6.07, 6.45) is 1.83. The van der Waals surface area contributed by atoms with Crippen LogP contribution in [0.1, 0.15) is 18.9 Å². The summed E-state index contributed by atoms with van der Waals surface area (Å²) < 4.78 is 5.39. The van der Waals surface area contributed by atoms with E-state index in [1.165, 1.54) is 5.56 Å². The Morgan fingerprint density at radius 1 is 0.962 bits per heavy atom. The van der Waals surface area contributed by atoms with Gasteiger partial charge in [-0.05, 0) is 30.5 Å². The van der Waals surface area contributed by atoms with E-state index in [2.05, 4.69) is 17.4 Å². The van der Waals surface area contributed by atoms with E-state index < -0.39 is 0 Å². The molecule has 0 bridgehead atoms. The molecule has 0 aliphatic rings. The van der Waals surface area contributed by atoms with Crippen LogP contribution in [0, 0.1) is 0 Å². The van der Waals surface area contributed by atoms with Crippen molar-refractivity contribution < 1.29 is 14.3 Å². The molecule has 1 N–H and O–H groups in total. The van der Waals surface area contributed by atoms with Crippen LogP contribution in [-0.2, 0) is 16.0 Å². The molecule has 0 spiro atoms. The number of amides is 2. The van der Waals surface area contributed by atoms with Crippen LogP contribution >= 0.6 is 0 Å². The van der Waals surface area contributed by atoms with E-state index in [0.29, 0.717) is 25.4 Å². The monoisotopic (exact) mass is 354 g/mol. The predicted molar refractivity (Wildman–Crippen MR) is 102 cm³/mol. The number of hydrogen-bond acceptors (Lipinski definition) is 3. The standard InChI is InChI=1S/C21H26N2O3/c1-18(24)23(15-8-11-19-9-4-2-5-10-19)16-14-22-21(25)17-26-20-12-6-3-7-13-20/h2-7,9-10,12-13H,8,11,14-17H2,1H3,(H,22,25). The summed E-state index contributed by atoms with van der Waals surface area (Å²) in [7, 11) is 0. The number of para-hydroxylation sites is 1. The first-order valence-electron chi connectivity index (χ1n) is 8.89. The van der Waals surface area contributed by atoms with Gasteiger partial charge in [-0.2, -0.15) is 0 Å². The molecular weight excluding hydrogens is 328 g/mol. The van der Waals surface area contributed by atoms with Crippen molar-refractivity contribution in [1.82, 2.24) is 10.2 Å². The molecular formula is C21H26N2O3. The number of ether oxygens (including phenoxy) is 1. The molecule has 2 aromatic carbocycles.